The molecule has 0 aromatic heterocycles. The molecule has 0 aliphatic heterocycles. The van der Waals surface area contributed by atoms with E-state index in [4.69, 9.17) is 9.79 Å². The van der Waals surface area contributed by atoms with Gasteiger partial charge in [-0.05, 0) is 31.1 Å². The first kappa shape index (κ1) is 29.2. The Balaban J connectivity index is 3.27. The molecule has 0 aliphatic carbocycles. The van der Waals surface area contributed by atoms with E-state index in [1.165, 1.54) is 77.0 Å². The van der Waals surface area contributed by atoms with Crippen molar-refractivity contribution in [3.63, 3.8) is 0 Å². The molecular formula is C25H45O4P. The quantitative estimate of drug-likeness (QED) is 0.117. The van der Waals surface area contributed by atoms with Crippen LogP contribution in [0.15, 0.2) is 0 Å². The van der Waals surface area contributed by atoms with Crippen LogP contribution in [0, 0.1) is 23.7 Å². The zero-order chi connectivity index (χ0) is 22.2. The minimum atomic E-state index is -4.29. The van der Waals surface area contributed by atoms with E-state index < -0.39 is 7.82 Å². The van der Waals surface area contributed by atoms with Gasteiger partial charge >= 0.3 is 7.82 Å². The minimum Gasteiger partial charge on any atom is -0.303 e. The summed E-state index contributed by atoms with van der Waals surface area (Å²) in [4.78, 5) is 17.1. The highest BCUT2D eigenvalue weighted by atomic mass is 31.2. The van der Waals surface area contributed by atoms with Gasteiger partial charge in [0.1, 0.15) is 0 Å². The molecule has 0 rings (SSSR count). The Morgan fingerprint density at radius 2 is 0.967 bits per heavy atom. The summed E-state index contributed by atoms with van der Waals surface area (Å²) in [5.41, 5.74) is 0. The predicted molar refractivity (Wildman–Crippen MR) is 127 cm³/mol. The van der Waals surface area contributed by atoms with E-state index in [0.29, 0.717) is 6.42 Å². The van der Waals surface area contributed by atoms with Gasteiger partial charge in [-0.3, -0.25) is 4.52 Å². The van der Waals surface area contributed by atoms with E-state index in [9.17, 15) is 4.57 Å². The first-order chi connectivity index (χ1) is 14.6. The van der Waals surface area contributed by atoms with Crippen LogP contribution >= 0.6 is 7.82 Å². The Kier molecular flexibility index (Phi) is 22.3. The fourth-order valence-corrected chi connectivity index (χ4v) is 3.66. The third-order valence-corrected chi connectivity index (χ3v) is 5.62. The Morgan fingerprint density at radius 1 is 0.600 bits per heavy atom. The van der Waals surface area contributed by atoms with Gasteiger partial charge in [-0.25, -0.2) is 4.57 Å². The molecule has 0 bridgehead atoms. The third-order valence-electron chi connectivity index (χ3n) is 5.10. The lowest BCUT2D eigenvalue weighted by atomic mass is 10.1. The number of rotatable bonds is 20. The second-order valence-corrected chi connectivity index (χ2v) is 9.32. The van der Waals surface area contributed by atoms with Crippen molar-refractivity contribution in [1.82, 2.24) is 0 Å². The van der Waals surface area contributed by atoms with Gasteiger partial charge in [0.05, 0.1) is 6.61 Å². The fourth-order valence-electron chi connectivity index (χ4n) is 3.30. The molecule has 0 saturated carbocycles. The average molecular weight is 441 g/mol. The van der Waals surface area contributed by atoms with E-state index in [0.717, 1.165) is 38.5 Å². The zero-order valence-electron chi connectivity index (χ0n) is 19.3. The van der Waals surface area contributed by atoms with Crippen LogP contribution in [0.1, 0.15) is 129 Å². The summed E-state index contributed by atoms with van der Waals surface area (Å²) in [7, 11) is -4.29. The molecule has 2 N–H and O–H groups in total. The van der Waals surface area contributed by atoms with Crippen molar-refractivity contribution in [3.05, 3.63) is 0 Å². The zero-order valence-corrected chi connectivity index (χ0v) is 20.2. The normalized spacial score (nSPS) is 10.9. The summed E-state index contributed by atoms with van der Waals surface area (Å²) in [6.45, 7) is 2.41. The molecule has 0 amide bonds. The molecule has 0 aromatic carbocycles. The SMILES string of the molecule is CCCCCCCCCCCCC#CC#CCCCCCCCCCOP(=O)(O)O. The van der Waals surface area contributed by atoms with Gasteiger partial charge in [-0.1, -0.05) is 109 Å². The van der Waals surface area contributed by atoms with Crippen molar-refractivity contribution < 1.29 is 18.9 Å². The van der Waals surface area contributed by atoms with Gasteiger partial charge in [0.25, 0.3) is 0 Å². The van der Waals surface area contributed by atoms with Gasteiger partial charge in [-0.15, -0.1) is 0 Å². The molecule has 0 radical (unpaired) electrons. The molecule has 0 spiro atoms. The van der Waals surface area contributed by atoms with Gasteiger partial charge in [0.2, 0.25) is 0 Å². The van der Waals surface area contributed by atoms with Crippen molar-refractivity contribution >= 4 is 7.82 Å². The summed E-state index contributed by atoms with van der Waals surface area (Å²) in [6.07, 6.45) is 22.9. The van der Waals surface area contributed by atoms with Gasteiger partial charge in [-0.2, -0.15) is 0 Å². The smallest absolute Gasteiger partial charge is 0.303 e. The Bertz CT molecular complexity index is 533. The Hall–Kier alpha value is -0.770. The minimum absolute atomic E-state index is 0.139. The van der Waals surface area contributed by atoms with Crippen LogP contribution in [0.25, 0.3) is 0 Å². The van der Waals surface area contributed by atoms with E-state index >= 15 is 0 Å². The van der Waals surface area contributed by atoms with Crippen molar-refractivity contribution in [2.75, 3.05) is 6.61 Å². The van der Waals surface area contributed by atoms with Crippen LogP contribution < -0.4 is 0 Å². The number of hydrogen-bond acceptors (Lipinski definition) is 2. The first-order valence-corrected chi connectivity index (χ1v) is 13.7. The number of hydrogen-bond donors (Lipinski definition) is 2. The molecule has 0 aromatic rings. The van der Waals surface area contributed by atoms with Crippen LogP contribution in [0.5, 0.6) is 0 Å². The molecular weight excluding hydrogens is 395 g/mol. The lowest BCUT2D eigenvalue weighted by Crippen LogP contribution is -1.92. The highest BCUT2D eigenvalue weighted by molar-refractivity contribution is 7.46. The van der Waals surface area contributed by atoms with Gasteiger partial charge in [0, 0.05) is 12.8 Å². The summed E-state index contributed by atoms with van der Waals surface area (Å²) in [5.74, 6) is 12.3. The standard InChI is InChI=1S/C25H45O4P/c1-2-3-4-5-6-7-8-9-10-11-12-13-14-15-16-17-18-19-20-21-22-23-24-25-29-30(26,27)28/h2-12,17-25H2,1H3,(H2,26,27,28). The molecule has 0 aliphatic rings. The highest BCUT2D eigenvalue weighted by Crippen LogP contribution is 2.35. The third kappa shape index (κ3) is 27.2. The van der Waals surface area contributed by atoms with Crippen molar-refractivity contribution in [3.8, 4) is 23.7 Å². The van der Waals surface area contributed by atoms with Crippen LogP contribution in [-0.2, 0) is 9.09 Å². The fraction of sp³-hybridized carbons (Fsp3) is 0.840. The molecule has 5 heteroatoms. The largest absolute Gasteiger partial charge is 0.469 e. The molecule has 0 unspecified atom stereocenters. The van der Waals surface area contributed by atoms with Crippen molar-refractivity contribution in [1.29, 1.82) is 0 Å². The monoisotopic (exact) mass is 440 g/mol. The van der Waals surface area contributed by atoms with Crippen molar-refractivity contribution in [2.45, 2.75) is 129 Å². The molecule has 174 valence electrons. The summed E-state index contributed by atoms with van der Waals surface area (Å²) in [6, 6.07) is 0. The maximum absolute atomic E-state index is 10.5. The van der Waals surface area contributed by atoms with Crippen LogP contribution in [0.4, 0.5) is 0 Å². The highest BCUT2D eigenvalue weighted by Gasteiger charge is 2.12. The topological polar surface area (TPSA) is 66.8 Å². The first-order valence-electron chi connectivity index (χ1n) is 12.2. The van der Waals surface area contributed by atoms with Gasteiger partial charge < -0.3 is 9.79 Å². The maximum atomic E-state index is 10.5. The van der Waals surface area contributed by atoms with Crippen LogP contribution in [0.3, 0.4) is 0 Å². The summed E-state index contributed by atoms with van der Waals surface area (Å²) < 4.78 is 14.9. The number of phosphoric ester groups is 1. The predicted octanol–water partition coefficient (Wildman–Crippen LogP) is 7.53. The molecule has 4 nitrogen and oxygen atoms in total. The van der Waals surface area contributed by atoms with E-state index in [-0.39, 0.29) is 6.61 Å². The van der Waals surface area contributed by atoms with Crippen LogP contribution in [0.2, 0.25) is 0 Å². The molecule has 30 heavy (non-hydrogen) atoms. The molecule has 0 fully saturated rings. The number of unbranched alkanes of at least 4 members (excludes halogenated alkanes) is 17. The maximum Gasteiger partial charge on any atom is 0.469 e. The van der Waals surface area contributed by atoms with Crippen LogP contribution in [-0.4, -0.2) is 16.4 Å². The van der Waals surface area contributed by atoms with E-state index in [1.807, 2.05) is 0 Å². The molecule has 0 saturated heterocycles. The van der Waals surface area contributed by atoms with E-state index in [2.05, 4.69) is 35.1 Å². The lowest BCUT2D eigenvalue weighted by Gasteiger charge is -2.04. The Labute approximate surface area is 186 Å². The lowest BCUT2D eigenvalue weighted by molar-refractivity contribution is 0.193. The average Bonchev–Trinajstić information content (AvgIpc) is 2.70. The van der Waals surface area contributed by atoms with Crippen molar-refractivity contribution in [2.24, 2.45) is 0 Å². The Morgan fingerprint density at radius 3 is 1.37 bits per heavy atom. The number of phosphoric acid groups is 1. The van der Waals surface area contributed by atoms with Gasteiger partial charge in [0.15, 0.2) is 0 Å². The summed E-state index contributed by atoms with van der Waals surface area (Å²) in [5, 5.41) is 0. The second kappa shape index (κ2) is 22.9. The second-order valence-electron chi connectivity index (χ2n) is 8.08. The molecule has 0 heterocycles. The van der Waals surface area contributed by atoms with E-state index in [1.54, 1.807) is 0 Å². The summed E-state index contributed by atoms with van der Waals surface area (Å²) >= 11 is 0. The molecule has 0 atom stereocenters.